The summed E-state index contributed by atoms with van der Waals surface area (Å²) in [6, 6.07) is 14.6. The summed E-state index contributed by atoms with van der Waals surface area (Å²) in [5.74, 6) is -0.967. The Balaban J connectivity index is 1.86. The highest BCUT2D eigenvalue weighted by atomic mass is 32.2. The summed E-state index contributed by atoms with van der Waals surface area (Å²) in [5.41, 5.74) is 2.72. The van der Waals surface area contributed by atoms with Gasteiger partial charge in [0.1, 0.15) is 11.6 Å². The predicted octanol–water partition coefficient (Wildman–Crippen LogP) is 5.61. The lowest BCUT2D eigenvalue weighted by Crippen LogP contribution is -1.96. The second kappa shape index (κ2) is 7.05. The molecule has 6 heteroatoms. The van der Waals surface area contributed by atoms with E-state index in [-0.39, 0.29) is 0 Å². The van der Waals surface area contributed by atoms with Crippen LogP contribution in [0.5, 0.6) is 5.75 Å². The van der Waals surface area contributed by atoms with Gasteiger partial charge < -0.3 is 10.1 Å². The molecule has 0 unspecified atom stereocenters. The van der Waals surface area contributed by atoms with Crippen LogP contribution in [0, 0.1) is 6.92 Å². The fourth-order valence-corrected chi connectivity index (χ4v) is 2.94. The molecule has 0 saturated heterocycles. The number of alkyl halides is 2. The summed E-state index contributed by atoms with van der Waals surface area (Å²) in [6.45, 7) is 2.02. The molecule has 24 heavy (non-hydrogen) atoms. The van der Waals surface area contributed by atoms with E-state index in [4.69, 9.17) is 4.74 Å². The highest BCUT2D eigenvalue weighted by Crippen LogP contribution is 2.28. The Bertz CT molecular complexity index is 854. The van der Waals surface area contributed by atoms with Gasteiger partial charge in [-0.2, -0.15) is 8.78 Å². The fraction of sp³-hybridized carbons (Fsp3) is 0.167. The molecule has 1 aromatic heterocycles. The predicted molar refractivity (Wildman–Crippen MR) is 94.6 cm³/mol. The molecule has 3 rings (SSSR count). The first-order valence-electron chi connectivity index (χ1n) is 7.32. The molecule has 124 valence electrons. The average Bonchev–Trinajstić information content (AvgIpc) is 2.55. The number of aromatic nitrogens is 1. The summed E-state index contributed by atoms with van der Waals surface area (Å²) >= 11 is 0.531. The highest BCUT2D eigenvalue weighted by Gasteiger charge is 2.07. The standard InChI is InChI=1S/C18H16F2N2OS/c1-11-9-17(22-16-10-13(23-2)5-8-15(11)16)21-12-3-6-14(7-4-12)24-18(19)20/h3-10,18H,1-2H3,(H,21,22). The van der Waals surface area contributed by atoms with Gasteiger partial charge in [0, 0.05) is 22.0 Å². The van der Waals surface area contributed by atoms with Crippen molar-refractivity contribution in [1.29, 1.82) is 0 Å². The molecule has 3 aromatic rings. The maximum absolute atomic E-state index is 12.3. The Labute approximate surface area is 143 Å². The van der Waals surface area contributed by atoms with Gasteiger partial charge in [-0.15, -0.1) is 0 Å². The number of methoxy groups -OCH3 is 1. The zero-order chi connectivity index (χ0) is 17.1. The Hall–Kier alpha value is -2.34. The van der Waals surface area contributed by atoms with E-state index in [2.05, 4.69) is 10.3 Å². The summed E-state index contributed by atoms with van der Waals surface area (Å²) in [4.78, 5) is 5.12. The van der Waals surface area contributed by atoms with E-state index >= 15 is 0 Å². The van der Waals surface area contributed by atoms with Crippen LogP contribution in [0.4, 0.5) is 20.3 Å². The maximum atomic E-state index is 12.3. The largest absolute Gasteiger partial charge is 0.497 e. The molecule has 1 N–H and O–H groups in total. The van der Waals surface area contributed by atoms with Crippen LogP contribution in [0.15, 0.2) is 53.4 Å². The van der Waals surface area contributed by atoms with Crippen LogP contribution >= 0.6 is 11.8 Å². The molecule has 0 aliphatic rings. The van der Waals surface area contributed by atoms with Gasteiger partial charge in [-0.25, -0.2) is 4.98 Å². The smallest absolute Gasteiger partial charge is 0.288 e. The van der Waals surface area contributed by atoms with E-state index < -0.39 is 5.76 Å². The van der Waals surface area contributed by atoms with Gasteiger partial charge in [0.25, 0.3) is 5.76 Å². The van der Waals surface area contributed by atoms with Crippen molar-refractivity contribution < 1.29 is 13.5 Å². The molecule has 0 atom stereocenters. The number of aryl methyl sites for hydroxylation is 1. The van der Waals surface area contributed by atoms with Gasteiger partial charge in [0.15, 0.2) is 0 Å². The molecular formula is C18H16F2N2OS. The van der Waals surface area contributed by atoms with E-state index in [1.54, 1.807) is 31.4 Å². The molecule has 0 aliphatic heterocycles. The Morgan fingerprint density at radius 3 is 2.50 bits per heavy atom. The number of nitrogens with zero attached hydrogens (tertiary/aromatic N) is 1. The molecule has 0 radical (unpaired) electrons. The number of fused-ring (bicyclic) bond motifs is 1. The normalized spacial score (nSPS) is 11.0. The number of nitrogens with one attached hydrogen (secondary N) is 1. The van der Waals surface area contributed by atoms with Gasteiger partial charge in [0.05, 0.1) is 12.6 Å². The SMILES string of the molecule is COc1ccc2c(C)cc(Nc3ccc(SC(F)F)cc3)nc2c1. The lowest BCUT2D eigenvalue weighted by Gasteiger charge is -2.10. The quantitative estimate of drug-likeness (QED) is 0.609. The fourth-order valence-electron chi connectivity index (χ4n) is 2.44. The van der Waals surface area contributed by atoms with Gasteiger partial charge in [0.2, 0.25) is 0 Å². The van der Waals surface area contributed by atoms with Crippen molar-refractivity contribution in [3.05, 3.63) is 54.1 Å². The number of thioether (sulfide) groups is 1. The minimum absolute atomic E-state index is 0.530. The Morgan fingerprint density at radius 2 is 1.83 bits per heavy atom. The Kier molecular flexibility index (Phi) is 4.85. The van der Waals surface area contributed by atoms with Crippen molar-refractivity contribution in [1.82, 2.24) is 4.98 Å². The van der Waals surface area contributed by atoms with Crippen molar-refractivity contribution >= 4 is 34.2 Å². The molecule has 0 fully saturated rings. The highest BCUT2D eigenvalue weighted by molar-refractivity contribution is 7.99. The van der Waals surface area contributed by atoms with Crippen molar-refractivity contribution in [2.24, 2.45) is 0 Å². The van der Waals surface area contributed by atoms with Gasteiger partial charge in [-0.1, -0.05) is 11.8 Å². The Morgan fingerprint density at radius 1 is 1.08 bits per heavy atom. The minimum Gasteiger partial charge on any atom is -0.497 e. The van der Waals surface area contributed by atoms with E-state index in [1.807, 2.05) is 31.2 Å². The number of ether oxygens (including phenoxy) is 1. The molecule has 1 heterocycles. The number of benzene rings is 2. The maximum Gasteiger partial charge on any atom is 0.288 e. The van der Waals surface area contributed by atoms with E-state index in [0.717, 1.165) is 27.9 Å². The number of rotatable bonds is 5. The lowest BCUT2D eigenvalue weighted by atomic mass is 10.1. The molecule has 0 spiro atoms. The first kappa shape index (κ1) is 16.5. The zero-order valence-corrected chi connectivity index (χ0v) is 14.0. The number of anilines is 2. The molecule has 2 aromatic carbocycles. The molecular weight excluding hydrogens is 330 g/mol. The lowest BCUT2D eigenvalue weighted by molar-refractivity contribution is 0.252. The van der Waals surface area contributed by atoms with E-state index in [1.165, 1.54) is 0 Å². The number of hydrogen-bond acceptors (Lipinski definition) is 4. The average molecular weight is 346 g/mol. The third-order valence-electron chi connectivity index (χ3n) is 3.58. The summed E-state index contributed by atoms with van der Waals surface area (Å²) in [7, 11) is 1.62. The van der Waals surface area contributed by atoms with Crippen molar-refractivity contribution in [3.8, 4) is 5.75 Å². The summed E-state index contributed by atoms with van der Waals surface area (Å²) in [5, 5.41) is 4.27. The van der Waals surface area contributed by atoms with Crippen LogP contribution in [-0.4, -0.2) is 17.9 Å². The van der Waals surface area contributed by atoms with Crippen LogP contribution in [0.25, 0.3) is 10.9 Å². The summed E-state index contributed by atoms with van der Waals surface area (Å²) in [6.07, 6.45) is 0. The van der Waals surface area contributed by atoms with Crippen LogP contribution < -0.4 is 10.1 Å². The van der Waals surface area contributed by atoms with Gasteiger partial charge in [-0.05, 0) is 55.0 Å². The topological polar surface area (TPSA) is 34.1 Å². The van der Waals surface area contributed by atoms with Crippen molar-refractivity contribution in [2.75, 3.05) is 12.4 Å². The monoisotopic (exact) mass is 346 g/mol. The number of pyridine rings is 1. The molecule has 3 nitrogen and oxygen atoms in total. The number of hydrogen-bond donors (Lipinski definition) is 1. The molecule has 0 saturated carbocycles. The van der Waals surface area contributed by atoms with Crippen LogP contribution in [-0.2, 0) is 0 Å². The number of halogens is 2. The van der Waals surface area contributed by atoms with Crippen molar-refractivity contribution in [3.63, 3.8) is 0 Å². The van der Waals surface area contributed by atoms with Crippen LogP contribution in [0.1, 0.15) is 5.56 Å². The minimum atomic E-state index is -2.41. The van der Waals surface area contributed by atoms with E-state index in [9.17, 15) is 8.78 Å². The first-order valence-corrected chi connectivity index (χ1v) is 8.20. The first-order chi connectivity index (χ1) is 11.5. The van der Waals surface area contributed by atoms with Crippen LogP contribution in [0.2, 0.25) is 0 Å². The molecule has 0 amide bonds. The third kappa shape index (κ3) is 3.76. The van der Waals surface area contributed by atoms with Crippen LogP contribution in [0.3, 0.4) is 0 Å². The second-order valence-electron chi connectivity index (χ2n) is 5.24. The second-order valence-corrected chi connectivity index (χ2v) is 6.30. The zero-order valence-electron chi connectivity index (χ0n) is 13.2. The van der Waals surface area contributed by atoms with Crippen molar-refractivity contribution in [2.45, 2.75) is 17.6 Å². The summed E-state index contributed by atoms with van der Waals surface area (Å²) < 4.78 is 29.9. The van der Waals surface area contributed by atoms with Gasteiger partial charge >= 0.3 is 0 Å². The van der Waals surface area contributed by atoms with Gasteiger partial charge in [-0.3, -0.25) is 0 Å². The molecule has 0 aliphatic carbocycles. The molecule has 0 bridgehead atoms. The third-order valence-corrected chi connectivity index (χ3v) is 4.30. The van der Waals surface area contributed by atoms with E-state index in [0.29, 0.717) is 22.5 Å².